The summed E-state index contributed by atoms with van der Waals surface area (Å²) in [5, 5.41) is 6.13. The van der Waals surface area contributed by atoms with Gasteiger partial charge in [-0.3, -0.25) is 4.79 Å². The Morgan fingerprint density at radius 2 is 1.89 bits per heavy atom. The number of carbonyl (C=O) groups excluding carboxylic acids is 1. The molecule has 2 aromatic carbocycles. The first-order valence-electron chi connectivity index (χ1n) is 12.4. The van der Waals surface area contributed by atoms with Gasteiger partial charge in [0.15, 0.2) is 0 Å². The van der Waals surface area contributed by atoms with Crippen LogP contribution in [0.15, 0.2) is 36.4 Å². The van der Waals surface area contributed by atoms with Crippen LogP contribution in [0.2, 0.25) is 13.1 Å². The first-order chi connectivity index (χ1) is 16.8. The molecule has 36 heavy (non-hydrogen) atoms. The van der Waals surface area contributed by atoms with Gasteiger partial charge in [-0.15, -0.1) is 0 Å². The Balaban J connectivity index is 1.67. The summed E-state index contributed by atoms with van der Waals surface area (Å²) in [6.45, 7) is 11.3. The number of benzene rings is 2. The molecule has 0 saturated carbocycles. The maximum Gasteiger partial charge on any atom is 0.416 e. The smallest absolute Gasteiger partial charge is 0.416 e. The van der Waals surface area contributed by atoms with Crippen molar-refractivity contribution < 1.29 is 22.4 Å². The molecule has 8 heteroatoms. The Hall–Kier alpha value is -2.74. The van der Waals surface area contributed by atoms with Crippen LogP contribution in [-0.2, 0) is 23.8 Å². The van der Waals surface area contributed by atoms with Crippen molar-refractivity contribution in [3.8, 4) is 5.75 Å². The van der Waals surface area contributed by atoms with E-state index >= 15 is 0 Å². The van der Waals surface area contributed by atoms with Crippen LogP contribution in [0.5, 0.6) is 5.75 Å². The summed E-state index contributed by atoms with van der Waals surface area (Å²) in [6.07, 6.45) is 0.578. The average Bonchev–Trinajstić information content (AvgIpc) is 2.78. The normalized spacial score (nSPS) is 18.9. The largest absolute Gasteiger partial charge is 0.541 e. The first kappa shape index (κ1) is 26.3. The second-order valence-corrected chi connectivity index (χ2v) is 13.0. The molecule has 2 N–H and O–H groups in total. The molecule has 1 aliphatic heterocycles. The summed E-state index contributed by atoms with van der Waals surface area (Å²) < 4.78 is 45.6. The van der Waals surface area contributed by atoms with Crippen molar-refractivity contribution >= 4 is 31.9 Å². The van der Waals surface area contributed by atoms with Gasteiger partial charge in [0.05, 0.1) is 11.3 Å². The number of carbonyl (C=O) groups is 1. The zero-order valence-electron chi connectivity index (χ0n) is 21.5. The lowest BCUT2D eigenvalue weighted by Gasteiger charge is -2.36. The molecular weight excluding hydrogens is 481 g/mol. The van der Waals surface area contributed by atoms with E-state index in [1.54, 1.807) is 0 Å². The lowest BCUT2D eigenvalue weighted by atomic mass is 9.70. The predicted octanol–water partition coefficient (Wildman–Crippen LogP) is 7.32. The van der Waals surface area contributed by atoms with Gasteiger partial charge in [-0.05, 0) is 85.0 Å². The number of rotatable bonds is 4. The summed E-state index contributed by atoms with van der Waals surface area (Å²) >= 11 is 0. The standard InChI is InChI=1S/C28H34F3N2O2Si/c1-27(2,3)19-8-6-17-7-11-24(35-36(4)5)26(22(17)15-19)33-25(34)14-18-12-13-32-23-16-20(28(29,30)31)9-10-21(18)23/h7,9-11,14,16,19,32H,6,8,12-13,15H2,1-5H3,(H,33,34). The lowest BCUT2D eigenvalue weighted by Crippen LogP contribution is -2.28. The minimum atomic E-state index is -4.41. The van der Waals surface area contributed by atoms with E-state index in [1.165, 1.54) is 17.7 Å². The molecule has 4 rings (SSSR count). The Labute approximate surface area is 213 Å². The molecule has 0 spiro atoms. The fourth-order valence-electron chi connectivity index (χ4n) is 5.08. The van der Waals surface area contributed by atoms with Crippen molar-refractivity contribution in [2.24, 2.45) is 11.3 Å². The number of nitrogens with one attached hydrogen (secondary N) is 2. The molecule has 0 saturated heterocycles. The zero-order valence-corrected chi connectivity index (χ0v) is 22.5. The molecule has 2 aromatic rings. The van der Waals surface area contributed by atoms with E-state index in [0.717, 1.165) is 42.6 Å². The molecule has 0 bridgehead atoms. The van der Waals surface area contributed by atoms with E-state index in [4.69, 9.17) is 4.43 Å². The van der Waals surface area contributed by atoms with Crippen LogP contribution in [0.3, 0.4) is 0 Å². The molecule has 4 nitrogen and oxygen atoms in total. The van der Waals surface area contributed by atoms with Crippen LogP contribution in [0.1, 0.15) is 55.9 Å². The van der Waals surface area contributed by atoms with Crippen LogP contribution >= 0.6 is 0 Å². The minimum Gasteiger partial charge on any atom is -0.541 e. The van der Waals surface area contributed by atoms with Gasteiger partial charge in [0.2, 0.25) is 5.91 Å². The number of aryl methyl sites for hydroxylation is 1. The quantitative estimate of drug-likeness (QED) is 0.331. The Bertz CT molecular complexity index is 1180. The highest BCUT2D eigenvalue weighted by atomic mass is 28.3. The average molecular weight is 516 g/mol. The van der Waals surface area contributed by atoms with E-state index in [9.17, 15) is 18.0 Å². The number of alkyl halides is 3. The van der Waals surface area contributed by atoms with Gasteiger partial charge in [0, 0.05) is 23.9 Å². The molecule has 1 unspecified atom stereocenters. The van der Waals surface area contributed by atoms with Gasteiger partial charge in [-0.2, -0.15) is 13.2 Å². The van der Waals surface area contributed by atoms with Gasteiger partial charge < -0.3 is 15.1 Å². The second kappa shape index (κ2) is 9.96. The summed E-state index contributed by atoms with van der Waals surface area (Å²) in [5.41, 5.74) is 4.28. The number of halogens is 3. The summed E-state index contributed by atoms with van der Waals surface area (Å²) in [7, 11) is -1.06. The molecule has 1 radical (unpaired) electrons. The highest BCUT2D eigenvalue weighted by Gasteiger charge is 2.33. The zero-order chi connectivity index (χ0) is 26.3. The molecule has 0 fully saturated rings. The number of amides is 1. The Morgan fingerprint density at radius 3 is 2.56 bits per heavy atom. The van der Waals surface area contributed by atoms with E-state index < -0.39 is 20.8 Å². The fourth-order valence-corrected chi connectivity index (χ4v) is 5.69. The second-order valence-electron chi connectivity index (χ2n) is 11.0. The van der Waals surface area contributed by atoms with Crippen molar-refractivity contribution in [1.82, 2.24) is 0 Å². The predicted molar refractivity (Wildman–Crippen MR) is 141 cm³/mol. The third kappa shape index (κ3) is 5.80. The molecule has 193 valence electrons. The van der Waals surface area contributed by atoms with Crippen LogP contribution in [-0.4, -0.2) is 21.5 Å². The van der Waals surface area contributed by atoms with Crippen LogP contribution in [0.4, 0.5) is 24.5 Å². The highest BCUT2D eigenvalue weighted by molar-refractivity contribution is 6.49. The summed E-state index contributed by atoms with van der Waals surface area (Å²) in [6, 6.07) is 7.69. The van der Waals surface area contributed by atoms with E-state index in [0.29, 0.717) is 41.5 Å². The minimum absolute atomic E-state index is 0.149. The SMILES string of the molecule is C[Si](C)Oc1ccc2c(c1NC(=O)C=C1CCNc3cc(C(F)(F)F)ccc31)CC(C(C)(C)C)CC2. The third-order valence-corrected chi connectivity index (χ3v) is 7.71. The molecule has 1 amide bonds. The van der Waals surface area contributed by atoms with Gasteiger partial charge in [-0.1, -0.05) is 32.9 Å². The number of hydrogen-bond acceptors (Lipinski definition) is 3. The molecule has 2 aliphatic rings. The van der Waals surface area contributed by atoms with Crippen molar-refractivity contribution in [2.45, 2.75) is 65.7 Å². The van der Waals surface area contributed by atoms with Crippen LogP contribution in [0, 0.1) is 11.3 Å². The third-order valence-electron chi connectivity index (χ3n) is 7.08. The fraction of sp³-hybridized carbons (Fsp3) is 0.464. The van der Waals surface area contributed by atoms with Crippen molar-refractivity contribution in [1.29, 1.82) is 0 Å². The molecule has 0 aromatic heterocycles. The van der Waals surface area contributed by atoms with Gasteiger partial charge >= 0.3 is 6.18 Å². The summed E-state index contributed by atoms with van der Waals surface area (Å²) in [4.78, 5) is 13.3. The van der Waals surface area contributed by atoms with Gasteiger partial charge in [-0.25, -0.2) is 0 Å². The van der Waals surface area contributed by atoms with Crippen molar-refractivity contribution in [3.63, 3.8) is 0 Å². The number of fused-ring (bicyclic) bond motifs is 2. The molecule has 1 aliphatic carbocycles. The Morgan fingerprint density at radius 1 is 1.14 bits per heavy atom. The topological polar surface area (TPSA) is 50.4 Å². The van der Waals surface area contributed by atoms with Crippen molar-refractivity contribution in [3.05, 3.63) is 58.7 Å². The maximum atomic E-state index is 13.3. The number of anilines is 2. The molecule has 1 heterocycles. The first-order valence-corrected chi connectivity index (χ1v) is 14.8. The molecular formula is C28H34F3N2O2Si. The van der Waals surface area contributed by atoms with Crippen molar-refractivity contribution in [2.75, 3.05) is 17.2 Å². The summed E-state index contributed by atoms with van der Waals surface area (Å²) in [5.74, 6) is 0.880. The monoisotopic (exact) mass is 515 g/mol. The lowest BCUT2D eigenvalue weighted by molar-refractivity contribution is -0.137. The van der Waals surface area contributed by atoms with E-state index in [1.807, 2.05) is 6.07 Å². The van der Waals surface area contributed by atoms with E-state index in [2.05, 4.69) is 50.6 Å². The van der Waals surface area contributed by atoms with Crippen LogP contribution < -0.4 is 15.1 Å². The Kier molecular flexibility index (Phi) is 7.28. The maximum absolute atomic E-state index is 13.3. The van der Waals surface area contributed by atoms with Crippen LogP contribution in [0.25, 0.3) is 5.57 Å². The van der Waals surface area contributed by atoms with Gasteiger partial charge in [0.25, 0.3) is 9.04 Å². The number of hydrogen-bond donors (Lipinski definition) is 2. The van der Waals surface area contributed by atoms with Gasteiger partial charge in [0.1, 0.15) is 5.75 Å². The molecule has 1 atom stereocenters. The highest BCUT2D eigenvalue weighted by Crippen LogP contribution is 2.43. The van der Waals surface area contributed by atoms with E-state index in [-0.39, 0.29) is 11.3 Å².